The van der Waals surface area contributed by atoms with Gasteiger partial charge >= 0.3 is 0 Å². The molecule has 4 rings (SSSR count). The summed E-state index contributed by atoms with van der Waals surface area (Å²) in [6, 6.07) is 19.2. The van der Waals surface area contributed by atoms with Crippen LogP contribution in [-0.2, 0) is 16.6 Å². The van der Waals surface area contributed by atoms with Crippen LogP contribution in [0.3, 0.4) is 0 Å². The molecule has 3 aromatic rings. The first-order chi connectivity index (χ1) is 16.3. The minimum Gasteiger partial charge on any atom is -0.368 e. The third-order valence-corrected chi connectivity index (χ3v) is 7.07. The third-order valence-electron chi connectivity index (χ3n) is 5.67. The van der Waals surface area contributed by atoms with Crippen LogP contribution in [0, 0.1) is 5.82 Å². The summed E-state index contributed by atoms with van der Waals surface area (Å²) in [7, 11) is -2.22. The van der Waals surface area contributed by atoms with Crippen molar-refractivity contribution in [2.75, 3.05) is 42.8 Å². The van der Waals surface area contributed by atoms with Gasteiger partial charge in [0.15, 0.2) is 0 Å². The molecule has 1 fully saturated rings. The van der Waals surface area contributed by atoms with E-state index in [9.17, 15) is 17.6 Å². The monoisotopic (exact) mass is 482 g/mol. The molecule has 34 heavy (non-hydrogen) atoms. The summed E-state index contributed by atoms with van der Waals surface area (Å²) >= 11 is 0. The van der Waals surface area contributed by atoms with Crippen LogP contribution in [0.15, 0.2) is 77.7 Å². The first kappa shape index (κ1) is 23.7. The lowest BCUT2D eigenvalue weighted by Gasteiger charge is -2.32. The standard InChI is InChI=1S/C25H27FN4O3S/c1-29(18-19-5-3-2-4-6-19)25(31)23-17-21(9-12-24(23)30-15-13-27-14-16-30)28-34(32,33)22-10-7-20(26)8-11-22/h2-12,17,27-28H,13-16,18H2,1H3. The molecule has 1 aliphatic rings. The van der Waals surface area contributed by atoms with Crippen molar-refractivity contribution in [3.05, 3.63) is 89.7 Å². The Balaban J connectivity index is 1.65. The zero-order valence-electron chi connectivity index (χ0n) is 18.9. The Labute approximate surface area is 199 Å². The zero-order valence-corrected chi connectivity index (χ0v) is 19.7. The van der Waals surface area contributed by atoms with Gasteiger partial charge in [0.25, 0.3) is 15.9 Å². The second kappa shape index (κ2) is 10.2. The number of hydrogen-bond acceptors (Lipinski definition) is 5. The van der Waals surface area contributed by atoms with Crippen molar-refractivity contribution in [1.82, 2.24) is 10.2 Å². The van der Waals surface area contributed by atoms with Gasteiger partial charge in [0.1, 0.15) is 5.82 Å². The van der Waals surface area contributed by atoms with Crippen molar-refractivity contribution in [3.8, 4) is 0 Å². The number of piperazine rings is 1. The normalized spacial score (nSPS) is 14.0. The lowest BCUT2D eigenvalue weighted by molar-refractivity contribution is 0.0785. The summed E-state index contributed by atoms with van der Waals surface area (Å²) in [4.78, 5) is 17.2. The highest BCUT2D eigenvalue weighted by molar-refractivity contribution is 7.92. The van der Waals surface area contributed by atoms with Gasteiger partial charge in [0.2, 0.25) is 0 Å². The van der Waals surface area contributed by atoms with E-state index in [-0.39, 0.29) is 16.5 Å². The van der Waals surface area contributed by atoms with E-state index in [1.807, 2.05) is 30.3 Å². The van der Waals surface area contributed by atoms with E-state index in [2.05, 4.69) is 14.9 Å². The number of rotatable bonds is 7. The fourth-order valence-electron chi connectivity index (χ4n) is 3.91. The van der Waals surface area contributed by atoms with E-state index in [0.29, 0.717) is 12.1 Å². The molecule has 178 valence electrons. The Hall–Kier alpha value is -3.43. The molecule has 2 N–H and O–H groups in total. The highest BCUT2D eigenvalue weighted by Gasteiger charge is 2.23. The predicted octanol–water partition coefficient (Wildman–Crippen LogP) is 3.31. The fraction of sp³-hybridized carbons (Fsp3) is 0.240. The molecule has 0 aromatic heterocycles. The molecule has 1 aliphatic heterocycles. The van der Waals surface area contributed by atoms with Crippen molar-refractivity contribution in [2.45, 2.75) is 11.4 Å². The number of nitrogens with one attached hydrogen (secondary N) is 2. The van der Waals surface area contributed by atoms with Crippen molar-refractivity contribution in [3.63, 3.8) is 0 Å². The largest absolute Gasteiger partial charge is 0.368 e. The average molecular weight is 483 g/mol. The summed E-state index contributed by atoms with van der Waals surface area (Å²) < 4.78 is 41.4. The van der Waals surface area contributed by atoms with Crippen LogP contribution in [0.1, 0.15) is 15.9 Å². The molecule has 0 radical (unpaired) electrons. The van der Waals surface area contributed by atoms with Crippen molar-refractivity contribution in [1.29, 1.82) is 0 Å². The van der Waals surface area contributed by atoms with Gasteiger partial charge in [-0.15, -0.1) is 0 Å². The van der Waals surface area contributed by atoms with Gasteiger partial charge in [-0.2, -0.15) is 0 Å². The van der Waals surface area contributed by atoms with Crippen LogP contribution in [0.4, 0.5) is 15.8 Å². The molecule has 9 heteroatoms. The minimum atomic E-state index is -3.94. The van der Waals surface area contributed by atoms with Crippen molar-refractivity contribution < 1.29 is 17.6 Å². The summed E-state index contributed by atoms with van der Waals surface area (Å²) in [6.45, 7) is 3.50. The number of hydrogen-bond donors (Lipinski definition) is 2. The number of halogens is 1. The highest BCUT2D eigenvalue weighted by atomic mass is 32.2. The molecular weight excluding hydrogens is 455 g/mol. The summed E-state index contributed by atoms with van der Waals surface area (Å²) in [5.41, 5.74) is 2.44. The maximum atomic E-state index is 13.5. The molecule has 7 nitrogen and oxygen atoms in total. The summed E-state index contributed by atoms with van der Waals surface area (Å²) in [5, 5.41) is 3.30. The van der Waals surface area contributed by atoms with E-state index >= 15 is 0 Å². The van der Waals surface area contributed by atoms with Gasteiger partial charge < -0.3 is 15.1 Å². The molecule has 0 aliphatic carbocycles. The molecule has 0 saturated carbocycles. The Morgan fingerprint density at radius 2 is 1.71 bits per heavy atom. The third kappa shape index (κ3) is 5.55. The number of nitrogens with zero attached hydrogens (tertiary/aromatic N) is 2. The van der Waals surface area contributed by atoms with Crippen LogP contribution in [0.5, 0.6) is 0 Å². The molecule has 1 saturated heterocycles. The number of sulfonamides is 1. The van der Waals surface area contributed by atoms with Gasteiger partial charge in [-0.25, -0.2) is 12.8 Å². The maximum Gasteiger partial charge on any atom is 0.261 e. The van der Waals surface area contributed by atoms with Gasteiger partial charge in [-0.3, -0.25) is 9.52 Å². The van der Waals surface area contributed by atoms with Gasteiger partial charge in [-0.05, 0) is 48.0 Å². The second-order valence-electron chi connectivity index (χ2n) is 8.18. The molecule has 1 amide bonds. The Morgan fingerprint density at radius 1 is 1.03 bits per heavy atom. The molecule has 0 spiro atoms. The number of anilines is 2. The first-order valence-corrected chi connectivity index (χ1v) is 12.5. The molecule has 0 atom stereocenters. The molecule has 0 unspecified atom stereocenters. The number of amides is 1. The maximum absolute atomic E-state index is 13.5. The van der Waals surface area contributed by atoms with Gasteiger partial charge in [-0.1, -0.05) is 30.3 Å². The molecule has 3 aromatic carbocycles. The topological polar surface area (TPSA) is 81.8 Å². The molecule has 0 bridgehead atoms. The molecule has 1 heterocycles. The van der Waals surface area contributed by atoms with E-state index in [1.165, 1.54) is 12.1 Å². The van der Waals surface area contributed by atoms with E-state index in [0.717, 1.165) is 49.6 Å². The first-order valence-electron chi connectivity index (χ1n) is 11.0. The van der Waals surface area contributed by atoms with E-state index < -0.39 is 15.8 Å². The lowest BCUT2D eigenvalue weighted by atomic mass is 10.1. The number of carbonyl (C=O) groups excluding carboxylic acids is 1. The van der Waals surface area contributed by atoms with Crippen LogP contribution in [0.25, 0.3) is 0 Å². The molecular formula is C25H27FN4O3S. The Bertz CT molecular complexity index is 1240. The van der Waals surface area contributed by atoms with E-state index in [4.69, 9.17) is 0 Å². The zero-order chi connectivity index (χ0) is 24.1. The number of carbonyl (C=O) groups is 1. The van der Waals surface area contributed by atoms with Gasteiger partial charge in [0.05, 0.1) is 10.5 Å². The lowest BCUT2D eigenvalue weighted by Crippen LogP contribution is -2.44. The number of benzene rings is 3. The van der Waals surface area contributed by atoms with Crippen LogP contribution in [-0.4, -0.2) is 52.5 Å². The van der Waals surface area contributed by atoms with Crippen LogP contribution >= 0.6 is 0 Å². The van der Waals surface area contributed by atoms with Crippen molar-refractivity contribution in [2.24, 2.45) is 0 Å². The smallest absolute Gasteiger partial charge is 0.261 e. The second-order valence-corrected chi connectivity index (χ2v) is 9.86. The average Bonchev–Trinajstić information content (AvgIpc) is 2.84. The Morgan fingerprint density at radius 3 is 2.38 bits per heavy atom. The SMILES string of the molecule is CN(Cc1ccccc1)C(=O)c1cc(NS(=O)(=O)c2ccc(F)cc2)ccc1N1CCNCC1. The summed E-state index contributed by atoms with van der Waals surface area (Å²) in [5.74, 6) is -0.728. The fourth-order valence-corrected chi connectivity index (χ4v) is 4.96. The van der Waals surface area contributed by atoms with E-state index in [1.54, 1.807) is 30.1 Å². The predicted molar refractivity (Wildman–Crippen MR) is 131 cm³/mol. The minimum absolute atomic E-state index is 0.0610. The van der Waals surface area contributed by atoms with Crippen LogP contribution in [0.2, 0.25) is 0 Å². The Kier molecular flexibility index (Phi) is 7.14. The van der Waals surface area contributed by atoms with Gasteiger partial charge in [0, 0.05) is 51.1 Å². The highest BCUT2D eigenvalue weighted by Crippen LogP contribution is 2.28. The van der Waals surface area contributed by atoms with Crippen LogP contribution < -0.4 is 14.9 Å². The van der Waals surface area contributed by atoms with Crippen molar-refractivity contribution >= 4 is 27.3 Å². The quantitative estimate of drug-likeness (QED) is 0.540. The summed E-state index contributed by atoms with van der Waals surface area (Å²) in [6.07, 6.45) is 0.